The highest BCUT2D eigenvalue weighted by atomic mass is 35.5. The van der Waals surface area contributed by atoms with Crippen LogP contribution >= 0.6 is 11.6 Å². The lowest BCUT2D eigenvalue weighted by molar-refractivity contribution is 0.419. The number of phenolic OH excluding ortho intramolecular Hbond substituents is 1. The molecule has 2 aromatic carbocycles. The van der Waals surface area contributed by atoms with Crippen LogP contribution in [0.15, 0.2) is 40.9 Å². The lowest BCUT2D eigenvalue weighted by atomic mass is 9.79. The molecule has 1 aromatic heterocycles. The Kier molecular flexibility index (Phi) is 4.81. The van der Waals surface area contributed by atoms with Crippen LogP contribution in [-0.4, -0.2) is 15.2 Å². The van der Waals surface area contributed by atoms with Crippen LogP contribution in [0.3, 0.4) is 0 Å². The van der Waals surface area contributed by atoms with E-state index < -0.39 is 0 Å². The third kappa shape index (κ3) is 3.86. The maximum atomic E-state index is 10.9. The van der Waals surface area contributed by atoms with Crippen LogP contribution in [0.4, 0.5) is 0 Å². The zero-order chi connectivity index (χ0) is 20.0. The molecule has 0 amide bonds. The minimum absolute atomic E-state index is 0.0892. The van der Waals surface area contributed by atoms with E-state index in [1.54, 1.807) is 6.07 Å². The third-order valence-corrected chi connectivity index (χ3v) is 4.88. The zero-order valence-corrected chi connectivity index (χ0v) is 17.3. The predicted molar refractivity (Wildman–Crippen MR) is 109 cm³/mol. The first-order valence-electron chi connectivity index (χ1n) is 8.95. The highest BCUT2D eigenvalue weighted by molar-refractivity contribution is 6.33. The van der Waals surface area contributed by atoms with Gasteiger partial charge in [0.05, 0.1) is 10.6 Å². The van der Waals surface area contributed by atoms with Crippen LogP contribution in [0, 0.1) is 0 Å². The SMILES string of the molecule is CC(C)(C)c1cc(-c2nc(-c3ccccc3Cl)no2)c(O)c(C(C)(C)C)c1. The number of benzene rings is 2. The van der Waals surface area contributed by atoms with Gasteiger partial charge in [0.25, 0.3) is 5.89 Å². The van der Waals surface area contributed by atoms with Crippen molar-refractivity contribution in [2.45, 2.75) is 52.4 Å². The van der Waals surface area contributed by atoms with Crippen molar-refractivity contribution >= 4 is 11.6 Å². The molecular weight excluding hydrogens is 360 g/mol. The maximum Gasteiger partial charge on any atom is 0.262 e. The highest BCUT2D eigenvalue weighted by Gasteiger charge is 2.27. The van der Waals surface area contributed by atoms with E-state index in [9.17, 15) is 5.11 Å². The van der Waals surface area contributed by atoms with Crippen LogP contribution < -0.4 is 0 Å². The van der Waals surface area contributed by atoms with Crippen LogP contribution in [0.5, 0.6) is 5.75 Å². The number of aromatic hydroxyl groups is 1. The average Bonchev–Trinajstić information content (AvgIpc) is 3.02. The number of rotatable bonds is 2. The van der Waals surface area contributed by atoms with E-state index in [4.69, 9.17) is 16.1 Å². The second-order valence-corrected chi connectivity index (χ2v) is 9.23. The molecule has 27 heavy (non-hydrogen) atoms. The van der Waals surface area contributed by atoms with Gasteiger partial charge < -0.3 is 9.63 Å². The summed E-state index contributed by atoms with van der Waals surface area (Å²) in [6.45, 7) is 12.6. The van der Waals surface area contributed by atoms with Crippen LogP contribution in [-0.2, 0) is 10.8 Å². The molecule has 0 aliphatic carbocycles. The van der Waals surface area contributed by atoms with Crippen molar-refractivity contribution in [1.82, 2.24) is 10.1 Å². The summed E-state index contributed by atoms with van der Waals surface area (Å²) in [5, 5.41) is 15.6. The maximum absolute atomic E-state index is 10.9. The summed E-state index contributed by atoms with van der Waals surface area (Å²) < 4.78 is 5.50. The minimum atomic E-state index is -0.230. The van der Waals surface area contributed by atoms with Crippen molar-refractivity contribution in [3.05, 3.63) is 52.5 Å². The van der Waals surface area contributed by atoms with Gasteiger partial charge in [-0.1, -0.05) is 76.5 Å². The second kappa shape index (κ2) is 6.68. The van der Waals surface area contributed by atoms with Gasteiger partial charge in [-0.3, -0.25) is 0 Å². The monoisotopic (exact) mass is 384 g/mol. The molecule has 5 heteroatoms. The summed E-state index contributed by atoms with van der Waals surface area (Å²) in [5.74, 6) is 0.845. The molecule has 0 aliphatic rings. The lowest BCUT2D eigenvalue weighted by Crippen LogP contribution is -2.17. The molecule has 0 saturated heterocycles. The number of hydrogen-bond acceptors (Lipinski definition) is 4. The standard InChI is InChI=1S/C22H25ClN2O2/c1-21(2,3)13-11-15(18(26)16(12-13)22(4,5)6)20-24-19(25-27-20)14-9-7-8-10-17(14)23/h7-12,26H,1-6H3. The van der Waals surface area contributed by atoms with Gasteiger partial charge >= 0.3 is 0 Å². The van der Waals surface area contributed by atoms with Gasteiger partial charge in [-0.2, -0.15) is 4.98 Å². The van der Waals surface area contributed by atoms with Crippen LogP contribution in [0.25, 0.3) is 22.8 Å². The first-order chi connectivity index (χ1) is 12.5. The van der Waals surface area contributed by atoms with Crippen LogP contribution in [0.1, 0.15) is 52.7 Å². The molecule has 0 fully saturated rings. The fourth-order valence-corrected chi connectivity index (χ4v) is 3.11. The summed E-state index contributed by atoms with van der Waals surface area (Å²) in [6, 6.07) is 11.3. The summed E-state index contributed by atoms with van der Waals surface area (Å²) in [5.41, 5.74) is 2.86. The molecule has 4 nitrogen and oxygen atoms in total. The molecule has 0 atom stereocenters. The molecule has 0 aliphatic heterocycles. The molecule has 0 radical (unpaired) electrons. The Hall–Kier alpha value is -2.33. The molecular formula is C22H25ClN2O2. The number of hydrogen-bond donors (Lipinski definition) is 1. The van der Waals surface area contributed by atoms with Gasteiger partial charge in [0.1, 0.15) is 5.75 Å². The zero-order valence-electron chi connectivity index (χ0n) is 16.6. The third-order valence-electron chi connectivity index (χ3n) is 4.56. The highest BCUT2D eigenvalue weighted by Crippen LogP contribution is 2.42. The van der Waals surface area contributed by atoms with E-state index in [-0.39, 0.29) is 22.5 Å². The van der Waals surface area contributed by atoms with E-state index in [0.717, 1.165) is 11.1 Å². The molecule has 1 N–H and O–H groups in total. The molecule has 1 heterocycles. The molecule has 3 rings (SSSR count). The molecule has 0 unspecified atom stereocenters. The smallest absolute Gasteiger partial charge is 0.262 e. The summed E-state index contributed by atoms with van der Waals surface area (Å²) in [7, 11) is 0. The fraction of sp³-hybridized carbons (Fsp3) is 0.364. The summed E-state index contributed by atoms with van der Waals surface area (Å²) in [4.78, 5) is 4.50. The fourth-order valence-electron chi connectivity index (χ4n) is 2.89. The van der Waals surface area contributed by atoms with Gasteiger partial charge in [0, 0.05) is 11.1 Å². The minimum Gasteiger partial charge on any atom is -0.507 e. The summed E-state index contributed by atoms with van der Waals surface area (Å²) in [6.07, 6.45) is 0. The normalized spacial score (nSPS) is 12.4. The van der Waals surface area contributed by atoms with Gasteiger partial charge in [-0.15, -0.1) is 0 Å². The van der Waals surface area contributed by atoms with Crippen molar-refractivity contribution in [1.29, 1.82) is 0 Å². The van der Waals surface area contributed by atoms with Gasteiger partial charge in [-0.25, -0.2) is 0 Å². The Balaban J connectivity index is 2.19. The molecule has 142 valence electrons. The Bertz CT molecular complexity index is 979. The van der Waals surface area contributed by atoms with E-state index in [2.05, 4.69) is 57.7 Å². The predicted octanol–water partition coefficient (Wildman–Crippen LogP) is 6.36. The largest absolute Gasteiger partial charge is 0.507 e. The first kappa shape index (κ1) is 19.4. The second-order valence-electron chi connectivity index (χ2n) is 8.82. The topological polar surface area (TPSA) is 59.2 Å². The molecule has 0 spiro atoms. The number of halogens is 1. The van der Waals surface area contributed by atoms with Crippen molar-refractivity contribution < 1.29 is 9.63 Å². The Morgan fingerprint density at radius 2 is 1.59 bits per heavy atom. The number of aromatic nitrogens is 2. The number of nitrogens with zero attached hydrogens (tertiary/aromatic N) is 2. The molecule has 0 bridgehead atoms. The van der Waals surface area contributed by atoms with Crippen molar-refractivity contribution in [2.75, 3.05) is 0 Å². The molecule has 3 aromatic rings. The van der Waals surface area contributed by atoms with E-state index in [1.165, 1.54) is 0 Å². The van der Waals surface area contributed by atoms with Crippen molar-refractivity contribution in [3.63, 3.8) is 0 Å². The van der Waals surface area contributed by atoms with Gasteiger partial charge in [0.2, 0.25) is 5.82 Å². The Morgan fingerprint density at radius 1 is 0.926 bits per heavy atom. The summed E-state index contributed by atoms with van der Waals surface area (Å²) >= 11 is 6.24. The Labute approximate surface area is 165 Å². The average molecular weight is 385 g/mol. The van der Waals surface area contributed by atoms with E-state index in [0.29, 0.717) is 22.0 Å². The lowest BCUT2D eigenvalue weighted by Gasteiger charge is -2.26. The van der Waals surface area contributed by atoms with E-state index in [1.807, 2.05) is 24.3 Å². The first-order valence-corrected chi connectivity index (χ1v) is 9.33. The van der Waals surface area contributed by atoms with E-state index >= 15 is 0 Å². The Morgan fingerprint density at radius 3 is 2.19 bits per heavy atom. The quantitative estimate of drug-likeness (QED) is 0.558. The molecule has 0 saturated carbocycles. The van der Waals surface area contributed by atoms with Crippen molar-refractivity contribution in [2.24, 2.45) is 0 Å². The van der Waals surface area contributed by atoms with Crippen molar-refractivity contribution in [3.8, 4) is 28.6 Å². The van der Waals surface area contributed by atoms with Crippen LogP contribution in [0.2, 0.25) is 5.02 Å². The number of phenols is 1. The van der Waals surface area contributed by atoms with Gasteiger partial charge in [0.15, 0.2) is 0 Å². The van der Waals surface area contributed by atoms with Gasteiger partial charge in [-0.05, 0) is 34.6 Å².